The monoisotopic (exact) mass is 482 g/mol. The lowest BCUT2D eigenvalue weighted by atomic mass is 9.86. The fraction of sp³-hybridized carbons (Fsp3) is 0.321. The van der Waals surface area contributed by atoms with Crippen LogP contribution in [0.4, 0.5) is 4.39 Å². The molecule has 0 amide bonds. The third kappa shape index (κ3) is 7.20. The van der Waals surface area contributed by atoms with E-state index in [4.69, 9.17) is 19.3 Å². The molecule has 0 aliphatic rings. The van der Waals surface area contributed by atoms with E-state index >= 15 is 0 Å². The minimum absolute atomic E-state index is 0.0449. The zero-order valence-electron chi connectivity index (χ0n) is 20.2. The van der Waals surface area contributed by atoms with Crippen molar-refractivity contribution < 1.29 is 33.6 Å². The van der Waals surface area contributed by atoms with E-state index in [1.807, 2.05) is 19.1 Å². The van der Waals surface area contributed by atoms with Crippen LogP contribution in [0.5, 0.6) is 17.2 Å². The van der Waals surface area contributed by atoms with Crippen molar-refractivity contribution in [2.24, 2.45) is 5.92 Å². The summed E-state index contributed by atoms with van der Waals surface area (Å²) in [6.07, 6.45) is 0.122. The Morgan fingerprint density at radius 1 is 0.971 bits per heavy atom. The van der Waals surface area contributed by atoms with E-state index in [9.17, 15) is 14.3 Å². The number of carboxylic acids is 1. The molecule has 0 heterocycles. The predicted molar refractivity (Wildman–Crippen MR) is 131 cm³/mol. The number of aliphatic hydroxyl groups is 1. The topological polar surface area (TPSA) is 85.2 Å². The van der Waals surface area contributed by atoms with Crippen molar-refractivity contribution in [1.82, 2.24) is 0 Å². The van der Waals surface area contributed by atoms with Gasteiger partial charge in [0.05, 0.1) is 33.4 Å². The number of aliphatic hydroxyl groups excluding tert-OH is 1. The summed E-state index contributed by atoms with van der Waals surface area (Å²) in [6.45, 7) is 2.17. The van der Waals surface area contributed by atoms with Gasteiger partial charge in [0.25, 0.3) is 0 Å². The molecule has 2 N–H and O–H groups in total. The quantitative estimate of drug-likeness (QED) is 0.372. The van der Waals surface area contributed by atoms with E-state index in [2.05, 4.69) is 0 Å². The molecular weight excluding hydrogens is 451 g/mol. The second-order valence-electron chi connectivity index (χ2n) is 8.44. The highest BCUT2D eigenvalue weighted by Gasteiger charge is 2.24. The standard InChI is InChI=1S/C28H31FO6/c1-18-25(33-2)15-22(16-26(18)34-3)28(32)21(11-12-35-24-6-4-5-23(29)17-24)13-19-7-9-20(10-8-19)14-27(30)31/h4-10,15-17,21,28,32H,11-14H2,1-3H3,(H,30,31)/t21-,28-/m0/s1. The van der Waals surface area contributed by atoms with Crippen LogP contribution in [0.3, 0.4) is 0 Å². The molecule has 2 atom stereocenters. The van der Waals surface area contributed by atoms with E-state index < -0.39 is 12.1 Å². The number of hydrogen-bond donors (Lipinski definition) is 2. The van der Waals surface area contributed by atoms with Crippen molar-refractivity contribution in [3.63, 3.8) is 0 Å². The van der Waals surface area contributed by atoms with Crippen molar-refractivity contribution in [3.05, 3.63) is 88.7 Å². The highest BCUT2D eigenvalue weighted by Crippen LogP contribution is 2.36. The van der Waals surface area contributed by atoms with Crippen LogP contribution in [0.2, 0.25) is 0 Å². The molecule has 6 nitrogen and oxygen atoms in total. The molecule has 0 bridgehead atoms. The number of halogens is 1. The van der Waals surface area contributed by atoms with Gasteiger partial charge in [-0.25, -0.2) is 4.39 Å². The Morgan fingerprint density at radius 2 is 1.60 bits per heavy atom. The summed E-state index contributed by atoms with van der Waals surface area (Å²) >= 11 is 0. The van der Waals surface area contributed by atoms with Crippen molar-refractivity contribution in [2.75, 3.05) is 20.8 Å². The van der Waals surface area contributed by atoms with Crippen LogP contribution in [-0.2, 0) is 17.6 Å². The zero-order chi connectivity index (χ0) is 25.4. The van der Waals surface area contributed by atoms with E-state index in [1.54, 1.807) is 50.6 Å². The first-order valence-electron chi connectivity index (χ1n) is 11.4. The first-order chi connectivity index (χ1) is 16.8. The Hall–Kier alpha value is -3.58. The molecule has 0 radical (unpaired) electrons. The molecule has 3 aromatic rings. The van der Waals surface area contributed by atoms with Gasteiger partial charge in [0, 0.05) is 11.6 Å². The van der Waals surface area contributed by atoms with Crippen LogP contribution in [0.25, 0.3) is 0 Å². The zero-order valence-corrected chi connectivity index (χ0v) is 20.2. The maximum absolute atomic E-state index is 13.5. The number of rotatable bonds is 12. The van der Waals surface area contributed by atoms with Gasteiger partial charge in [-0.3, -0.25) is 4.79 Å². The maximum Gasteiger partial charge on any atom is 0.307 e. The summed E-state index contributed by atoms with van der Waals surface area (Å²) in [5.74, 6) is 0.153. The number of methoxy groups -OCH3 is 2. The molecule has 0 fully saturated rings. The summed E-state index contributed by atoms with van der Waals surface area (Å²) < 4.78 is 30.2. The third-order valence-electron chi connectivity index (χ3n) is 5.99. The molecule has 3 aromatic carbocycles. The average molecular weight is 483 g/mol. The molecule has 0 aliphatic heterocycles. The van der Waals surface area contributed by atoms with Gasteiger partial charge in [0.1, 0.15) is 23.1 Å². The number of aliphatic carboxylic acids is 1. The highest BCUT2D eigenvalue weighted by molar-refractivity contribution is 5.70. The summed E-state index contributed by atoms with van der Waals surface area (Å²) in [7, 11) is 3.14. The Morgan fingerprint density at radius 3 is 2.17 bits per heavy atom. The van der Waals surface area contributed by atoms with E-state index in [-0.39, 0.29) is 24.8 Å². The van der Waals surface area contributed by atoms with Gasteiger partial charge >= 0.3 is 5.97 Å². The van der Waals surface area contributed by atoms with Gasteiger partial charge in [-0.1, -0.05) is 30.3 Å². The number of hydrogen-bond acceptors (Lipinski definition) is 5. The fourth-order valence-electron chi connectivity index (χ4n) is 4.08. The SMILES string of the molecule is COc1cc([C@@H](O)[C@@H](CCOc2cccc(F)c2)Cc2ccc(CC(=O)O)cc2)cc(OC)c1C. The highest BCUT2D eigenvalue weighted by atomic mass is 19.1. The summed E-state index contributed by atoms with van der Waals surface area (Å²) in [6, 6.07) is 16.9. The van der Waals surface area contributed by atoms with Crippen molar-refractivity contribution in [1.29, 1.82) is 0 Å². The van der Waals surface area contributed by atoms with Crippen LogP contribution in [-0.4, -0.2) is 37.0 Å². The van der Waals surface area contributed by atoms with Gasteiger partial charge in [-0.15, -0.1) is 0 Å². The largest absolute Gasteiger partial charge is 0.496 e. The number of benzene rings is 3. The average Bonchev–Trinajstić information content (AvgIpc) is 2.84. The lowest BCUT2D eigenvalue weighted by molar-refractivity contribution is -0.136. The lowest BCUT2D eigenvalue weighted by Crippen LogP contribution is -2.19. The summed E-state index contributed by atoms with van der Waals surface area (Å²) in [4.78, 5) is 11.0. The maximum atomic E-state index is 13.5. The van der Waals surface area contributed by atoms with E-state index in [0.29, 0.717) is 41.2 Å². The van der Waals surface area contributed by atoms with Crippen molar-refractivity contribution in [2.45, 2.75) is 32.3 Å². The minimum Gasteiger partial charge on any atom is -0.496 e. The van der Waals surface area contributed by atoms with Crippen molar-refractivity contribution in [3.8, 4) is 17.2 Å². The third-order valence-corrected chi connectivity index (χ3v) is 5.99. The van der Waals surface area contributed by atoms with Gasteiger partial charge in [0.15, 0.2) is 0 Å². The second kappa shape index (κ2) is 12.2. The Balaban J connectivity index is 1.82. The molecule has 0 saturated heterocycles. The molecule has 0 aliphatic carbocycles. The summed E-state index contributed by atoms with van der Waals surface area (Å²) in [5, 5.41) is 20.4. The Bertz CT molecular complexity index is 1100. The smallest absolute Gasteiger partial charge is 0.307 e. The molecule has 186 valence electrons. The first kappa shape index (κ1) is 26.0. The van der Waals surface area contributed by atoms with Gasteiger partial charge in [0.2, 0.25) is 0 Å². The van der Waals surface area contributed by atoms with E-state index in [1.165, 1.54) is 12.1 Å². The van der Waals surface area contributed by atoms with Crippen LogP contribution in [0.15, 0.2) is 60.7 Å². The Labute approximate surface area is 204 Å². The van der Waals surface area contributed by atoms with Crippen LogP contribution < -0.4 is 14.2 Å². The van der Waals surface area contributed by atoms with Crippen LogP contribution in [0.1, 0.15) is 34.8 Å². The number of ether oxygens (including phenoxy) is 3. The molecular formula is C28H31FO6. The first-order valence-corrected chi connectivity index (χ1v) is 11.4. The summed E-state index contributed by atoms with van der Waals surface area (Å²) in [5.41, 5.74) is 3.16. The van der Waals surface area contributed by atoms with Crippen LogP contribution in [0, 0.1) is 18.7 Å². The number of carbonyl (C=O) groups is 1. The molecule has 35 heavy (non-hydrogen) atoms. The van der Waals surface area contributed by atoms with Gasteiger partial charge < -0.3 is 24.4 Å². The molecule has 0 unspecified atom stereocenters. The molecule has 7 heteroatoms. The molecule has 0 saturated carbocycles. The minimum atomic E-state index is -0.886. The van der Waals surface area contributed by atoms with Gasteiger partial charge in [-0.2, -0.15) is 0 Å². The predicted octanol–water partition coefficient (Wildman–Crippen LogP) is 5.14. The fourth-order valence-corrected chi connectivity index (χ4v) is 4.08. The second-order valence-corrected chi connectivity index (χ2v) is 8.44. The normalized spacial score (nSPS) is 12.6. The van der Waals surface area contributed by atoms with Crippen molar-refractivity contribution >= 4 is 5.97 Å². The molecule has 0 spiro atoms. The van der Waals surface area contributed by atoms with Gasteiger partial charge in [-0.05, 0) is 66.6 Å². The van der Waals surface area contributed by atoms with E-state index in [0.717, 1.165) is 11.1 Å². The Kier molecular flexibility index (Phi) is 9.09. The van der Waals surface area contributed by atoms with Crippen LogP contribution >= 0.6 is 0 Å². The molecule has 3 rings (SSSR count). The lowest BCUT2D eigenvalue weighted by Gasteiger charge is -2.25. The molecule has 0 aromatic heterocycles. The number of carboxylic acid groups (broad SMARTS) is 1.